The lowest BCUT2D eigenvalue weighted by Crippen LogP contribution is -2.50. The standard InChI is InChI=1S/C29H34BrN3O7S/c1-6-40-24-13-11-23(12-14-24)33(41(36,37)25-15-16-26(38-4)27(17-25)39-5)19-28(34)32(20(2)29(35)31-3)18-21-7-9-22(30)10-8-21/h7-17,20H,6,18-19H2,1-5H3,(H,31,35)/t20-/m1/s1. The third-order valence-corrected chi connectivity index (χ3v) is 8.64. The van der Waals surface area contributed by atoms with E-state index in [1.165, 1.54) is 44.4 Å². The molecule has 0 unspecified atom stereocenters. The summed E-state index contributed by atoms with van der Waals surface area (Å²) in [4.78, 5) is 27.8. The summed E-state index contributed by atoms with van der Waals surface area (Å²) < 4.78 is 46.1. The number of carbonyl (C=O) groups is 2. The number of nitrogens with zero attached hydrogens (tertiary/aromatic N) is 2. The molecule has 220 valence electrons. The maximum absolute atomic E-state index is 14.1. The van der Waals surface area contributed by atoms with E-state index in [9.17, 15) is 18.0 Å². The summed E-state index contributed by atoms with van der Waals surface area (Å²) in [6.45, 7) is 3.40. The molecule has 0 spiro atoms. The average molecular weight is 649 g/mol. The van der Waals surface area contributed by atoms with Gasteiger partial charge in [0.1, 0.15) is 18.3 Å². The van der Waals surface area contributed by atoms with Crippen molar-refractivity contribution < 1.29 is 32.2 Å². The number of rotatable bonds is 13. The van der Waals surface area contributed by atoms with Crippen LogP contribution in [0.3, 0.4) is 0 Å². The number of carbonyl (C=O) groups excluding carboxylic acids is 2. The Kier molecular flexibility index (Phi) is 11.0. The fourth-order valence-electron chi connectivity index (χ4n) is 4.09. The van der Waals surface area contributed by atoms with Crippen molar-refractivity contribution in [3.63, 3.8) is 0 Å². The van der Waals surface area contributed by atoms with Crippen molar-refractivity contribution in [1.82, 2.24) is 10.2 Å². The quantitative estimate of drug-likeness (QED) is 0.295. The Hall–Kier alpha value is -3.77. The van der Waals surface area contributed by atoms with E-state index < -0.39 is 28.5 Å². The second-order valence-electron chi connectivity index (χ2n) is 8.89. The van der Waals surface area contributed by atoms with E-state index in [4.69, 9.17) is 14.2 Å². The fourth-order valence-corrected chi connectivity index (χ4v) is 5.78. The molecule has 0 fully saturated rings. The zero-order valence-electron chi connectivity index (χ0n) is 23.6. The summed E-state index contributed by atoms with van der Waals surface area (Å²) in [6.07, 6.45) is 0. The van der Waals surface area contributed by atoms with Crippen molar-refractivity contribution in [3.05, 3.63) is 76.8 Å². The average Bonchev–Trinajstić information content (AvgIpc) is 2.98. The van der Waals surface area contributed by atoms with Gasteiger partial charge >= 0.3 is 0 Å². The Labute approximate surface area is 249 Å². The molecule has 0 heterocycles. The minimum Gasteiger partial charge on any atom is -0.494 e. The van der Waals surface area contributed by atoms with E-state index in [-0.39, 0.29) is 28.8 Å². The van der Waals surface area contributed by atoms with Crippen LogP contribution in [0.2, 0.25) is 0 Å². The number of methoxy groups -OCH3 is 2. The van der Waals surface area contributed by atoms with E-state index in [1.54, 1.807) is 31.2 Å². The predicted molar refractivity (Wildman–Crippen MR) is 160 cm³/mol. The number of benzene rings is 3. The van der Waals surface area contributed by atoms with Crippen molar-refractivity contribution in [2.75, 3.05) is 38.7 Å². The van der Waals surface area contributed by atoms with Gasteiger partial charge in [0, 0.05) is 24.1 Å². The smallest absolute Gasteiger partial charge is 0.264 e. The van der Waals surface area contributed by atoms with Gasteiger partial charge in [-0.05, 0) is 67.9 Å². The van der Waals surface area contributed by atoms with Gasteiger partial charge in [0.05, 0.1) is 31.4 Å². The lowest BCUT2D eigenvalue weighted by Gasteiger charge is -2.32. The summed E-state index contributed by atoms with van der Waals surface area (Å²) in [5.74, 6) is 0.177. The molecule has 3 aromatic rings. The summed E-state index contributed by atoms with van der Waals surface area (Å²) in [5.41, 5.74) is 1.01. The van der Waals surface area contributed by atoms with Gasteiger partial charge in [-0.2, -0.15) is 0 Å². The minimum atomic E-state index is -4.29. The summed E-state index contributed by atoms with van der Waals surface area (Å²) >= 11 is 3.40. The van der Waals surface area contributed by atoms with Gasteiger partial charge in [0.2, 0.25) is 11.8 Å². The number of ether oxygens (including phenoxy) is 3. The second-order valence-corrected chi connectivity index (χ2v) is 11.7. The molecule has 0 aliphatic heterocycles. The zero-order chi connectivity index (χ0) is 30.2. The molecule has 41 heavy (non-hydrogen) atoms. The van der Waals surface area contributed by atoms with Gasteiger partial charge in [0.15, 0.2) is 11.5 Å². The maximum Gasteiger partial charge on any atom is 0.264 e. The first-order valence-electron chi connectivity index (χ1n) is 12.8. The van der Waals surface area contributed by atoms with Crippen molar-refractivity contribution >= 4 is 43.5 Å². The highest BCUT2D eigenvalue weighted by atomic mass is 79.9. The first kappa shape index (κ1) is 31.8. The molecular formula is C29H34BrN3O7S. The molecule has 1 atom stereocenters. The molecule has 3 aromatic carbocycles. The van der Waals surface area contributed by atoms with E-state index in [0.717, 1.165) is 14.3 Å². The van der Waals surface area contributed by atoms with Crippen molar-refractivity contribution in [2.45, 2.75) is 31.3 Å². The molecule has 0 bridgehead atoms. The highest BCUT2D eigenvalue weighted by Gasteiger charge is 2.33. The Morgan fingerprint density at radius 2 is 1.59 bits per heavy atom. The molecule has 0 aliphatic carbocycles. The third-order valence-electron chi connectivity index (χ3n) is 6.34. The van der Waals surface area contributed by atoms with Crippen LogP contribution >= 0.6 is 15.9 Å². The van der Waals surface area contributed by atoms with Gasteiger partial charge in [-0.15, -0.1) is 0 Å². The molecule has 2 amide bonds. The summed E-state index contributed by atoms with van der Waals surface area (Å²) in [7, 11) is 0.0422. The largest absolute Gasteiger partial charge is 0.494 e. The normalized spacial score (nSPS) is 11.8. The SMILES string of the molecule is CCOc1ccc(N(CC(=O)N(Cc2ccc(Br)cc2)[C@H](C)C(=O)NC)S(=O)(=O)c2ccc(OC)c(OC)c2)cc1. The third kappa shape index (κ3) is 7.70. The van der Waals surface area contributed by atoms with Crippen LogP contribution in [0.15, 0.2) is 76.1 Å². The van der Waals surface area contributed by atoms with Gasteiger partial charge < -0.3 is 24.4 Å². The Morgan fingerprint density at radius 1 is 0.951 bits per heavy atom. The summed E-state index contributed by atoms with van der Waals surface area (Å²) in [5, 5.41) is 2.57. The number of sulfonamides is 1. The van der Waals surface area contributed by atoms with Crippen LogP contribution in [0.5, 0.6) is 17.2 Å². The van der Waals surface area contributed by atoms with E-state index >= 15 is 0 Å². The van der Waals surface area contributed by atoms with Crippen LogP contribution in [-0.4, -0.2) is 65.6 Å². The highest BCUT2D eigenvalue weighted by molar-refractivity contribution is 9.10. The summed E-state index contributed by atoms with van der Waals surface area (Å²) in [6, 6.07) is 17.0. The van der Waals surface area contributed by atoms with Crippen LogP contribution in [0.4, 0.5) is 5.69 Å². The molecule has 3 rings (SSSR count). The first-order chi connectivity index (χ1) is 19.5. The number of hydrogen-bond donors (Lipinski definition) is 1. The predicted octanol–water partition coefficient (Wildman–Crippen LogP) is 4.22. The maximum atomic E-state index is 14.1. The molecule has 12 heteroatoms. The first-order valence-corrected chi connectivity index (χ1v) is 15.0. The van der Waals surface area contributed by atoms with E-state index in [1.807, 2.05) is 31.2 Å². The molecule has 1 N–H and O–H groups in total. The molecule has 0 saturated heterocycles. The number of amides is 2. The number of hydrogen-bond acceptors (Lipinski definition) is 7. The Morgan fingerprint density at radius 3 is 2.15 bits per heavy atom. The topological polar surface area (TPSA) is 114 Å². The van der Waals surface area contributed by atoms with Gasteiger partial charge in [0.25, 0.3) is 10.0 Å². The lowest BCUT2D eigenvalue weighted by molar-refractivity contribution is -0.139. The molecule has 10 nitrogen and oxygen atoms in total. The molecular weight excluding hydrogens is 614 g/mol. The molecule has 0 aromatic heterocycles. The van der Waals surface area contributed by atoms with Crippen LogP contribution in [0.25, 0.3) is 0 Å². The molecule has 0 radical (unpaired) electrons. The minimum absolute atomic E-state index is 0.0915. The zero-order valence-corrected chi connectivity index (χ0v) is 26.0. The fraction of sp³-hybridized carbons (Fsp3) is 0.310. The number of anilines is 1. The Balaban J connectivity index is 2.07. The second kappa shape index (κ2) is 14.2. The van der Waals surface area contributed by atoms with Crippen molar-refractivity contribution in [3.8, 4) is 17.2 Å². The van der Waals surface area contributed by atoms with Crippen LogP contribution in [0.1, 0.15) is 19.4 Å². The lowest BCUT2D eigenvalue weighted by atomic mass is 10.1. The van der Waals surface area contributed by atoms with Gasteiger partial charge in [-0.3, -0.25) is 13.9 Å². The molecule has 0 saturated carbocycles. The number of halogens is 1. The number of nitrogens with one attached hydrogen (secondary N) is 1. The van der Waals surface area contributed by atoms with Crippen LogP contribution in [0, 0.1) is 0 Å². The van der Waals surface area contributed by atoms with E-state index in [0.29, 0.717) is 18.1 Å². The van der Waals surface area contributed by atoms with E-state index in [2.05, 4.69) is 21.2 Å². The van der Waals surface area contributed by atoms with Crippen molar-refractivity contribution in [1.29, 1.82) is 0 Å². The van der Waals surface area contributed by atoms with Crippen LogP contribution in [-0.2, 0) is 26.2 Å². The Bertz CT molecular complexity index is 1450. The van der Waals surface area contributed by atoms with Crippen LogP contribution < -0.4 is 23.8 Å². The molecule has 0 aliphatic rings. The number of likely N-dealkylation sites (N-methyl/N-ethyl adjacent to an activating group) is 1. The highest BCUT2D eigenvalue weighted by Crippen LogP contribution is 2.33. The van der Waals surface area contributed by atoms with Gasteiger partial charge in [-0.1, -0.05) is 28.1 Å². The van der Waals surface area contributed by atoms with Gasteiger partial charge in [-0.25, -0.2) is 8.42 Å². The monoisotopic (exact) mass is 647 g/mol. The van der Waals surface area contributed by atoms with Crippen molar-refractivity contribution in [2.24, 2.45) is 0 Å².